The first-order valence-corrected chi connectivity index (χ1v) is 6.58. The minimum atomic E-state index is -3.21. The highest BCUT2D eigenvalue weighted by Crippen LogP contribution is 2.13. The number of carbonyl (C=O) groups excluding carboxylic acids is 1. The third-order valence-corrected chi connectivity index (χ3v) is 3.09. The number of carbonyl (C=O) groups is 1. The monoisotopic (exact) mass is 218 g/mol. The van der Waals surface area contributed by atoms with Crippen LogP contribution in [0.2, 0.25) is 0 Å². The Balaban J connectivity index is 2.81. The molecule has 0 aliphatic rings. The Morgan fingerprint density at radius 3 is 2.54 bits per heavy atom. The van der Waals surface area contributed by atoms with E-state index < -0.39 is 15.6 Å². The van der Waals surface area contributed by atoms with Crippen molar-refractivity contribution in [1.82, 2.24) is 0 Å². The Labute approximate surface area is 81.3 Å². The van der Waals surface area contributed by atoms with E-state index in [2.05, 4.69) is 0 Å². The smallest absolute Gasteiger partial charge is 0.178 e. The lowest BCUT2D eigenvalue weighted by Crippen LogP contribution is -2.13. The molecule has 0 amide bonds. The molecule has 1 heterocycles. The second-order valence-electron chi connectivity index (χ2n) is 2.94. The minimum Gasteiger partial charge on any atom is -0.293 e. The fourth-order valence-corrected chi connectivity index (χ4v) is 2.26. The van der Waals surface area contributed by atoms with E-state index >= 15 is 0 Å². The van der Waals surface area contributed by atoms with Crippen LogP contribution in [0.15, 0.2) is 11.4 Å². The van der Waals surface area contributed by atoms with Crippen LogP contribution in [0.1, 0.15) is 15.2 Å². The lowest BCUT2D eigenvalue weighted by molar-refractivity contribution is 0.102. The van der Waals surface area contributed by atoms with E-state index in [1.54, 1.807) is 11.4 Å². The molecule has 13 heavy (non-hydrogen) atoms. The summed E-state index contributed by atoms with van der Waals surface area (Å²) in [4.78, 5) is 12.3. The molecule has 0 saturated heterocycles. The molecule has 5 heteroatoms. The highest BCUT2D eigenvalue weighted by Gasteiger charge is 2.13. The van der Waals surface area contributed by atoms with Gasteiger partial charge in [0.15, 0.2) is 15.6 Å². The first-order valence-electron chi connectivity index (χ1n) is 3.64. The van der Waals surface area contributed by atoms with Crippen LogP contribution in [0.5, 0.6) is 0 Å². The van der Waals surface area contributed by atoms with Crippen LogP contribution in [0.4, 0.5) is 0 Å². The zero-order valence-electron chi connectivity index (χ0n) is 7.40. The van der Waals surface area contributed by atoms with Gasteiger partial charge in [0.1, 0.15) is 5.75 Å². The summed E-state index contributed by atoms with van der Waals surface area (Å²) in [6, 6.07) is 1.71. The van der Waals surface area contributed by atoms with Gasteiger partial charge in [-0.25, -0.2) is 8.42 Å². The molecule has 3 nitrogen and oxygen atoms in total. The van der Waals surface area contributed by atoms with E-state index in [4.69, 9.17) is 0 Å². The Bertz CT molecular complexity index is 414. The highest BCUT2D eigenvalue weighted by molar-refractivity contribution is 7.91. The second-order valence-corrected chi connectivity index (χ2v) is 6.19. The van der Waals surface area contributed by atoms with Crippen LogP contribution in [-0.2, 0) is 9.84 Å². The quantitative estimate of drug-likeness (QED) is 0.718. The number of hydrogen-bond acceptors (Lipinski definition) is 4. The number of rotatable bonds is 3. The number of thiophene rings is 1. The predicted molar refractivity (Wildman–Crippen MR) is 53.1 cm³/mol. The summed E-state index contributed by atoms with van der Waals surface area (Å²) in [7, 11) is -3.21. The molecule has 1 aromatic heterocycles. The summed E-state index contributed by atoms with van der Waals surface area (Å²) < 4.78 is 21.6. The molecule has 0 bridgehead atoms. The summed E-state index contributed by atoms with van der Waals surface area (Å²) in [6.45, 7) is 1.88. The van der Waals surface area contributed by atoms with Crippen molar-refractivity contribution in [2.45, 2.75) is 6.92 Å². The van der Waals surface area contributed by atoms with E-state index in [9.17, 15) is 13.2 Å². The van der Waals surface area contributed by atoms with Gasteiger partial charge in [-0.2, -0.15) is 0 Å². The molecular weight excluding hydrogens is 208 g/mol. The van der Waals surface area contributed by atoms with Crippen LogP contribution < -0.4 is 0 Å². The van der Waals surface area contributed by atoms with Crippen LogP contribution >= 0.6 is 11.3 Å². The maximum absolute atomic E-state index is 11.3. The highest BCUT2D eigenvalue weighted by atomic mass is 32.2. The zero-order chi connectivity index (χ0) is 10.1. The molecule has 0 aromatic carbocycles. The molecule has 0 saturated carbocycles. The van der Waals surface area contributed by atoms with E-state index in [1.807, 2.05) is 6.92 Å². The van der Waals surface area contributed by atoms with Gasteiger partial charge in [-0.15, -0.1) is 11.3 Å². The number of Topliss-reactive ketones (excluding diaryl/α,β-unsaturated/α-hetero) is 1. The predicted octanol–water partition coefficient (Wildman–Crippen LogP) is 1.28. The van der Waals surface area contributed by atoms with Gasteiger partial charge in [0.2, 0.25) is 0 Å². The molecular formula is C8H10O3S2. The van der Waals surface area contributed by atoms with Crippen LogP contribution in [-0.4, -0.2) is 26.2 Å². The Morgan fingerprint density at radius 1 is 1.54 bits per heavy atom. The molecule has 0 radical (unpaired) electrons. The molecule has 72 valence electrons. The second kappa shape index (κ2) is 3.59. The van der Waals surface area contributed by atoms with Crippen molar-refractivity contribution in [3.05, 3.63) is 21.9 Å². The fraction of sp³-hybridized carbons (Fsp3) is 0.375. The summed E-state index contributed by atoms with van der Waals surface area (Å²) in [6.07, 6.45) is 1.06. The maximum Gasteiger partial charge on any atom is 0.178 e. The van der Waals surface area contributed by atoms with Gasteiger partial charge in [0, 0.05) is 22.1 Å². The van der Waals surface area contributed by atoms with E-state index in [0.717, 1.165) is 11.1 Å². The SMILES string of the molecule is Cc1cc(C(=O)CS(C)(=O)=O)cs1. The standard InChI is InChI=1S/C8H10O3S2/c1-6-3-7(4-12-6)8(9)5-13(2,10)11/h3-4H,5H2,1-2H3. The summed E-state index contributed by atoms with van der Waals surface area (Å²) in [5.41, 5.74) is 0.493. The molecule has 0 atom stereocenters. The first-order chi connectivity index (χ1) is 5.88. The van der Waals surface area contributed by atoms with Crippen molar-refractivity contribution in [3.63, 3.8) is 0 Å². The van der Waals surface area contributed by atoms with Gasteiger partial charge in [0.05, 0.1) is 0 Å². The Hall–Kier alpha value is -0.680. The van der Waals surface area contributed by atoms with E-state index in [1.165, 1.54) is 11.3 Å². The van der Waals surface area contributed by atoms with Crippen LogP contribution in [0.3, 0.4) is 0 Å². The molecule has 0 aliphatic heterocycles. The van der Waals surface area contributed by atoms with Crippen LogP contribution in [0.25, 0.3) is 0 Å². The summed E-state index contributed by atoms with van der Waals surface area (Å²) in [5.74, 6) is -0.727. The van der Waals surface area contributed by atoms with Crippen molar-refractivity contribution in [2.75, 3.05) is 12.0 Å². The molecule has 0 aliphatic carbocycles. The summed E-state index contributed by atoms with van der Waals surface area (Å²) in [5, 5.41) is 1.68. The van der Waals surface area contributed by atoms with Gasteiger partial charge in [-0.05, 0) is 13.0 Å². The van der Waals surface area contributed by atoms with E-state index in [0.29, 0.717) is 5.56 Å². The maximum atomic E-state index is 11.3. The number of hydrogen-bond donors (Lipinski definition) is 0. The molecule has 0 unspecified atom stereocenters. The molecule has 0 fully saturated rings. The van der Waals surface area contributed by atoms with Crippen molar-refractivity contribution in [2.24, 2.45) is 0 Å². The Morgan fingerprint density at radius 2 is 2.15 bits per heavy atom. The average molecular weight is 218 g/mol. The van der Waals surface area contributed by atoms with Crippen molar-refractivity contribution >= 4 is 27.0 Å². The lowest BCUT2D eigenvalue weighted by Gasteiger charge is -1.94. The topological polar surface area (TPSA) is 51.2 Å². The van der Waals surface area contributed by atoms with Crippen molar-refractivity contribution in [1.29, 1.82) is 0 Å². The average Bonchev–Trinajstić information content (AvgIpc) is 2.31. The largest absolute Gasteiger partial charge is 0.293 e. The van der Waals surface area contributed by atoms with Crippen LogP contribution in [0, 0.1) is 6.92 Å². The molecule has 0 N–H and O–H groups in total. The van der Waals surface area contributed by atoms with Gasteiger partial charge in [-0.1, -0.05) is 0 Å². The van der Waals surface area contributed by atoms with Crippen molar-refractivity contribution < 1.29 is 13.2 Å². The number of ketones is 1. The zero-order valence-corrected chi connectivity index (χ0v) is 9.04. The minimum absolute atomic E-state index is 0.327. The van der Waals surface area contributed by atoms with Gasteiger partial charge < -0.3 is 0 Å². The van der Waals surface area contributed by atoms with Gasteiger partial charge >= 0.3 is 0 Å². The first kappa shape index (κ1) is 10.4. The Kier molecular flexibility index (Phi) is 2.87. The number of aryl methyl sites for hydroxylation is 1. The van der Waals surface area contributed by atoms with Gasteiger partial charge in [-0.3, -0.25) is 4.79 Å². The number of sulfone groups is 1. The molecule has 0 spiro atoms. The lowest BCUT2D eigenvalue weighted by atomic mass is 10.2. The van der Waals surface area contributed by atoms with E-state index in [-0.39, 0.29) is 5.78 Å². The third kappa shape index (κ3) is 3.28. The summed E-state index contributed by atoms with van der Waals surface area (Å²) >= 11 is 1.44. The third-order valence-electron chi connectivity index (χ3n) is 1.45. The van der Waals surface area contributed by atoms with Crippen molar-refractivity contribution in [3.8, 4) is 0 Å². The van der Waals surface area contributed by atoms with Gasteiger partial charge in [0.25, 0.3) is 0 Å². The molecule has 1 aromatic rings. The fourth-order valence-electron chi connectivity index (χ4n) is 0.911. The molecule has 1 rings (SSSR count). The normalized spacial score (nSPS) is 11.5.